The number of thioether (sulfide) groups is 1. The van der Waals surface area contributed by atoms with Crippen molar-refractivity contribution in [3.8, 4) is 5.88 Å². The van der Waals surface area contributed by atoms with Crippen LogP contribution in [0.25, 0.3) is 0 Å². The average Bonchev–Trinajstić information content (AvgIpc) is 2.78. The predicted molar refractivity (Wildman–Crippen MR) is 115 cm³/mol. The standard InChI is InChI=1S/C20H20F2N6O2S/c1-30-19-13(4-3-7-25-19)18(29)24-9-8-23-16-11-17(28-20(27-16)31-2)26-12-5-6-14(21)15(22)10-12/h3-7,10-11H,8-9H2,1-2H3,(H,24,29)(H2,23,26,27,28). The van der Waals surface area contributed by atoms with Gasteiger partial charge in [-0.3, -0.25) is 4.79 Å². The summed E-state index contributed by atoms with van der Waals surface area (Å²) in [6.45, 7) is 0.713. The molecule has 0 aliphatic carbocycles. The molecule has 0 unspecified atom stereocenters. The van der Waals surface area contributed by atoms with Crippen molar-refractivity contribution in [2.75, 3.05) is 37.1 Å². The summed E-state index contributed by atoms with van der Waals surface area (Å²) in [7, 11) is 1.45. The molecule has 162 valence electrons. The van der Waals surface area contributed by atoms with Gasteiger partial charge in [-0.05, 0) is 30.5 Å². The van der Waals surface area contributed by atoms with Crippen LogP contribution in [0.4, 0.5) is 26.1 Å². The molecular weight excluding hydrogens is 426 g/mol. The van der Waals surface area contributed by atoms with Crippen molar-refractivity contribution in [3.05, 3.63) is 59.8 Å². The Morgan fingerprint density at radius 1 is 1.10 bits per heavy atom. The van der Waals surface area contributed by atoms with Crippen molar-refractivity contribution < 1.29 is 18.3 Å². The number of halogens is 2. The smallest absolute Gasteiger partial charge is 0.256 e. The van der Waals surface area contributed by atoms with Gasteiger partial charge in [0.05, 0.1) is 7.11 Å². The third-order valence-corrected chi connectivity index (χ3v) is 4.55. The van der Waals surface area contributed by atoms with Crippen molar-refractivity contribution >= 4 is 35.0 Å². The number of carbonyl (C=O) groups is 1. The number of pyridine rings is 1. The molecule has 1 amide bonds. The first-order chi connectivity index (χ1) is 15.0. The summed E-state index contributed by atoms with van der Waals surface area (Å²) in [5.41, 5.74) is 0.697. The molecule has 0 bridgehead atoms. The Hall–Kier alpha value is -3.47. The van der Waals surface area contributed by atoms with Crippen LogP contribution in [-0.2, 0) is 0 Å². The molecule has 2 heterocycles. The van der Waals surface area contributed by atoms with E-state index in [1.807, 2.05) is 6.26 Å². The highest BCUT2D eigenvalue weighted by atomic mass is 32.2. The lowest BCUT2D eigenvalue weighted by Crippen LogP contribution is -2.29. The molecule has 1 aromatic carbocycles. The summed E-state index contributed by atoms with van der Waals surface area (Å²) >= 11 is 1.33. The zero-order chi connectivity index (χ0) is 22.2. The number of benzene rings is 1. The monoisotopic (exact) mass is 446 g/mol. The van der Waals surface area contributed by atoms with Crippen molar-refractivity contribution in [1.29, 1.82) is 0 Å². The fourth-order valence-corrected chi connectivity index (χ4v) is 2.96. The van der Waals surface area contributed by atoms with Crippen LogP contribution >= 0.6 is 11.8 Å². The van der Waals surface area contributed by atoms with Crippen LogP contribution in [0.3, 0.4) is 0 Å². The quantitative estimate of drug-likeness (QED) is 0.261. The van der Waals surface area contributed by atoms with Gasteiger partial charge in [0.1, 0.15) is 17.2 Å². The molecule has 8 nitrogen and oxygen atoms in total. The Labute approximate surface area is 181 Å². The summed E-state index contributed by atoms with van der Waals surface area (Å²) < 4.78 is 31.6. The first-order valence-corrected chi connectivity index (χ1v) is 10.4. The molecule has 3 rings (SSSR count). The van der Waals surface area contributed by atoms with Gasteiger partial charge in [-0.15, -0.1) is 0 Å². The number of amides is 1. The molecule has 11 heteroatoms. The van der Waals surface area contributed by atoms with Gasteiger partial charge in [-0.2, -0.15) is 0 Å². The minimum atomic E-state index is -0.955. The minimum Gasteiger partial charge on any atom is -0.480 e. The highest BCUT2D eigenvalue weighted by molar-refractivity contribution is 7.98. The molecule has 0 saturated heterocycles. The zero-order valence-corrected chi connectivity index (χ0v) is 17.6. The third-order valence-electron chi connectivity index (χ3n) is 4.01. The Morgan fingerprint density at radius 3 is 2.65 bits per heavy atom. The van der Waals surface area contributed by atoms with E-state index in [1.165, 1.54) is 24.9 Å². The van der Waals surface area contributed by atoms with Gasteiger partial charge in [-0.25, -0.2) is 23.7 Å². The molecule has 2 aromatic heterocycles. The minimum absolute atomic E-state index is 0.251. The highest BCUT2D eigenvalue weighted by Gasteiger charge is 2.12. The average molecular weight is 446 g/mol. The maximum absolute atomic E-state index is 13.4. The van der Waals surface area contributed by atoms with Crippen molar-refractivity contribution in [3.63, 3.8) is 0 Å². The lowest BCUT2D eigenvalue weighted by Gasteiger charge is -2.12. The van der Waals surface area contributed by atoms with Crippen LogP contribution in [0, 0.1) is 11.6 Å². The van der Waals surface area contributed by atoms with E-state index in [2.05, 4.69) is 30.9 Å². The second-order valence-electron chi connectivity index (χ2n) is 6.12. The molecule has 0 saturated carbocycles. The fourth-order valence-electron chi connectivity index (χ4n) is 2.58. The first-order valence-electron chi connectivity index (χ1n) is 9.16. The van der Waals surface area contributed by atoms with Crippen LogP contribution in [0.1, 0.15) is 10.4 Å². The van der Waals surface area contributed by atoms with Crippen LogP contribution in [0.5, 0.6) is 5.88 Å². The SMILES string of the molecule is COc1ncccc1C(=O)NCCNc1cc(Nc2ccc(F)c(F)c2)nc(SC)n1. The summed E-state index contributed by atoms with van der Waals surface area (Å²) in [5.74, 6) is -1.01. The molecule has 0 atom stereocenters. The van der Waals surface area contributed by atoms with Gasteiger partial charge in [0.2, 0.25) is 5.88 Å². The first kappa shape index (κ1) is 22.2. The highest BCUT2D eigenvalue weighted by Crippen LogP contribution is 2.22. The number of hydrogen-bond acceptors (Lipinski definition) is 8. The molecule has 3 N–H and O–H groups in total. The van der Waals surface area contributed by atoms with E-state index in [9.17, 15) is 13.6 Å². The van der Waals surface area contributed by atoms with Gasteiger partial charge < -0.3 is 20.7 Å². The number of methoxy groups -OCH3 is 1. The topological polar surface area (TPSA) is 101 Å². The normalized spacial score (nSPS) is 10.5. The third kappa shape index (κ3) is 6.01. The van der Waals surface area contributed by atoms with Crippen LogP contribution in [0.15, 0.2) is 47.8 Å². The van der Waals surface area contributed by atoms with Gasteiger partial charge in [0.15, 0.2) is 16.8 Å². The van der Waals surface area contributed by atoms with Crippen LogP contribution < -0.4 is 20.7 Å². The number of anilines is 3. The molecule has 0 fully saturated rings. The Balaban J connectivity index is 1.60. The number of hydrogen-bond donors (Lipinski definition) is 3. The van der Waals surface area contributed by atoms with E-state index in [0.29, 0.717) is 41.1 Å². The summed E-state index contributed by atoms with van der Waals surface area (Å²) in [6.07, 6.45) is 3.36. The van der Waals surface area contributed by atoms with Crippen molar-refractivity contribution in [2.45, 2.75) is 5.16 Å². The van der Waals surface area contributed by atoms with E-state index < -0.39 is 11.6 Å². The molecule has 0 spiro atoms. The number of carbonyl (C=O) groups excluding carboxylic acids is 1. The van der Waals surface area contributed by atoms with Gasteiger partial charge in [0, 0.05) is 37.1 Å². The van der Waals surface area contributed by atoms with E-state index in [1.54, 1.807) is 24.4 Å². The molecule has 0 radical (unpaired) electrons. The van der Waals surface area contributed by atoms with Gasteiger partial charge in [-0.1, -0.05) is 11.8 Å². The van der Waals surface area contributed by atoms with Gasteiger partial charge >= 0.3 is 0 Å². The van der Waals surface area contributed by atoms with Crippen LogP contribution in [0.2, 0.25) is 0 Å². The molecular formula is C20H20F2N6O2S. The van der Waals surface area contributed by atoms with E-state index in [-0.39, 0.29) is 11.8 Å². The number of rotatable bonds is 9. The number of nitrogens with zero attached hydrogens (tertiary/aromatic N) is 3. The Bertz CT molecular complexity index is 1070. The molecule has 3 aromatic rings. The van der Waals surface area contributed by atoms with E-state index in [0.717, 1.165) is 12.1 Å². The van der Waals surface area contributed by atoms with E-state index >= 15 is 0 Å². The zero-order valence-electron chi connectivity index (χ0n) is 16.8. The Kier molecular flexibility index (Phi) is 7.55. The maximum Gasteiger partial charge on any atom is 0.256 e. The number of nitrogens with one attached hydrogen (secondary N) is 3. The molecule has 31 heavy (non-hydrogen) atoms. The van der Waals surface area contributed by atoms with Crippen molar-refractivity contribution in [2.24, 2.45) is 0 Å². The maximum atomic E-state index is 13.4. The van der Waals surface area contributed by atoms with Gasteiger partial charge in [0.25, 0.3) is 5.91 Å². The van der Waals surface area contributed by atoms with Crippen LogP contribution in [-0.4, -0.2) is 47.3 Å². The lowest BCUT2D eigenvalue weighted by atomic mass is 10.2. The largest absolute Gasteiger partial charge is 0.480 e. The number of ether oxygens (including phenoxy) is 1. The summed E-state index contributed by atoms with van der Waals surface area (Å²) in [6, 6.07) is 8.41. The fraction of sp³-hybridized carbons (Fsp3) is 0.200. The predicted octanol–water partition coefficient (Wildman–Crippen LogP) is 3.47. The summed E-state index contributed by atoms with van der Waals surface area (Å²) in [4.78, 5) is 24.9. The Morgan fingerprint density at radius 2 is 1.90 bits per heavy atom. The lowest BCUT2D eigenvalue weighted by molar-refractivity contribution is 0.0951. The van der Waals surface area contributed by atoms with E-state index in [4.69, 9.17) is 4.74 Å². The second-order valence-corrected chi connectivity index (χ2v) is 6.90. The van der Waals surface area contributed by atoms with Crippen molar-refractivity contribution in [1.82, 2.24) is 20.3 Å². The number of aromatic nitrogens is 3. The second kappa shape index (κ2) is 10.5. The summed E-state index contributed by atoms with van der Waals surface area (Å²) in [5, 5.41) is 9.29. The molecule has 0 aliphatic rings. The molecule has 0 aliphatic heterocycles.